The fourth-order valence-corrected chi connectivity index (χ4v) is 4.52. The van der Waals surface area contributed by atoms with E-state index in [1.165, 1.54) is 17.6 Å². The maximum atomic E-state index is 12.5. The molecular weight excluding hydrogens is 366 g/mol. The van der Waals surface area contributed by atoms with E-state index < -0.39 is 0 Å². The highest BCUT2D eigenvalue weighted by atomic mass is 16.3. The van der Waals surface area contributed by atoms with Crippen molar-refractivity contribution in [2.24, 2.45) is 0 Å². The Morgan fingerprint density at radius 1 is 1.14 bits per heavy atom. The maximum absolute atomic E-state index is 12.5. The minimum atomic E-state index is -0.246. The number of nitrogens with zero attached hydrogens (tertiary/aromatic N) is 1. The van der Waals surface area contributed by atoms with Crippen LogP contribution in [0.3, 0.4) is 0 Å². The van der Waals surface area contributed by atoms with Crippen LogP contribution in [0, 0.1) is 0 Å². The molecule has 3 amide bonds. The van der Waals surface area contributed by atoms with Gasteiger partial charge in [-0.05, 0) is 42.4 Å². The summed E-state index contributed by atoms with van der Waals surface area (Å²) in [5, 5.41) is 15.7. The first-order chi connectivity index (χ1) is 14.1. The number of hydrogen-bond acceptors (Lipinski definition) is 3. The van der Waals surface area contributed by atoms with Crippen LogP contribution in [0.2, 0.25) is 0 Å². The molecule has 1 saturated heterocycles. The van der Waals surface area contributed by atoms with Gasteiger partial charge >= 0.3 is 6.03 Å². The van der Waals surface area contributed by atoms with Gasteiger partial charge in [0.1, 0.15) is 0 Å². The summed E-state index contributed by atoms with van der Waals surface area (Å²) in [7, 11) is 0. The van der Waals surface area contributed by atoms with Crippen molar-refractivity contribution in [2.45, 2.75) is 64.0 Å². The molecule has 0 spiro atoms. The van der Waals surface area contributed by atoms with E-state index >= 15 is 0 Å². The Balaban J connectivity index is 1.75. The lowest BCUT2D eigenvalue weighted by Gasteiger charge is -2.55. The average molecular weight is 400 g/mol. The van der Waals surface area contributed by atoms with Crippen molar-refractivity contribution in [1.82, 2.24) is 15.5 Å². The van der Waals surface area contributed by atoms with Gasteiger partial charge in [-0.25, -0.2) is 4.79 Å². The zero-order valence-corrected chi connectivity index (χ0v) is 17.5. The van der Waals surface area contributed by atoms with E-state index in [-0.39, 0.29) is 36.5 Å². The van der Waals surface area contributed by atoms with E-state index in [0.717, 1.165) is 24.8 Å². The summed E-state index contributed by atoms with van der Waals surface area (Å²) in [6.07, 6.45) is 7.05. The van der Waals surface area contributed by atoms with Gasteiger partial charge in [-0.1, -0.05) is 44.2 Å². The molecule has 0 saturated carbocycles. The van der Waals surface area contributed by atoms with Gasteiger partial charge in [-0.15, -0.1) is 0 Å². The summed E-state index contributed by atoms with van der Waals surface area (Å²) in [6, 6.07) is 7.89. The van der Waals surface area contributed by atoms with Crippen LogP contribution in [-0.4, -0.2) is 53.7 Å². The highest BCUT2D eigenvalue weighted by Crippen LogP contribution is 2.41. The standard InChI is InChI=1S/C23H33N3O3/c1-3-13-24-23(29)25-14-19-22(20(15-27)26(19)21(28)4-2)18-11-9-17(10-12-18)16-7-5-6-8-16/h7,9-12,19-20,22,27H,3-6,8,13-15H2,1-2H3,(H2,24,25,29)/t19-,20+,22-/m0/s1. The maximum Gasteiger partial charge on any atom is 0.314 e. The highest BCUT2D eigenvalue weighted by Gasteiger charge is 2.50. The molecule has 0 unspecified atom stereocenters. The second kappa shape index (κ2) is 9.92. The van der Waals surface area contributed by atoms with Crippen molar-refractivity contribution in [2.75, 3.05) is 19.7 Å². The summed E-state index contributed by atoms with van der Waals surface area (Å²) >= 11 is 0. The Bertz CT molecular complexity index is 744. The predicted molar refractivity (Wildman–Crippen MR) is 115 cm³/mol. The van der Waals surface area contributed by atoms with E-state index in [1.54, 1.807) is 4.90 Å². The fourth-order valence-electron chi connectivity index (χ4n) is 4.52. The zero-order valence-electron chi connectivity index (χ0n) is 17.5. The first-order valence-corrected chi connectivity index (χ1v) is 10.8. The molecule has 6 nitrogen and oxygen atoms in total. The topological polar surface area (TPSA) is 81.7 Å². The zero-order chi connectivity index (χ0) is 20.8. The number of aliphatic hydroxyl groups excluding tert-OH is 1. The first kappa shape index (κ1) is 21.4. The number of amides is 3. The van der Waals surface area contributed by atoms with Crippen LogP contribution < -0.4 is 10.6 Å². The van der Waals surface area contributed by atoms with Crippen molar-refractivity contribution < 1.29 is 14.7 Å². The SMILES string of the molecule is CCCNC(=O)NC[C@H]1[C@H](c2ccc(C3=CCCC3)cc2)[C@@H](CO)N1C(=O)CC. The van der Waals surface area contributed by atoms with E-state index in [9.17, 15) is 14.7 Å². The van der Waals surface area contributed by atoms with E-state index in [1.807, 2.05) is 13.8 Å². The van der Waals surface area contributed by atoms with Gasteiger partial charge in [0.15, 0.2) is 0 Å². The number of nitrogens with one attached hydrogen (secondary N) is 2. The van der Waals surface area contributed by atoms with Gasteiger partial charge in [0, 0.05) is 25.4 Å². The molecule has 1 aliphatic carbocycles. The lowest BCUT2D eigenvalue weighted by molar-refractivity contribution is -0.149. The summed E-state index contributed by atoms with van der Waals surface area (Å²) in [5.41, 5.74) is 3.76. The van der Waals surface area contributed by atoms with E-state index in [2.05, 4.69) is 41.0 Å². The smallest absolute Gasteiger partial charge is 0.314 e. The number of aliphatic hydroxyl groups is 1. The van der Waals surface area contributed by atoms with Crippen LogP contribution in [0.15, 0.2) is 30.3 Å². The van der Waals surface area contributed by atoms with Gasteiger partial charge in [0.05, 0.1) is 18.7 Å². The molecule has 1 heterocycles. The number of urea groups is 1. The molecule has 3 atom stereocenters. The lowest BCUT2D eigenvalue weighted by atomic mass is 9.74. The van der Waals surface area contributed by atoms with Crippen LogP contribution in [-0.2, 0) is 4.79 Å². The van der Waals surface area contributed by atoms with Crippen molar-refractivity contribution in [3.8, 4) is 0 Å². The monoisotopic (exact) mass is 399 g/mol. The van der Waals surface area contributed by atoms with E-state index in [4.69, 9.17) is 0 Å². The molecule has 158 valence electrons. The van der Waals surface area contributed by atoms with E-state index in [0.29, 0.717) is 19.5 Å². The second-order valence-corrected chi connectivity index (χ2v) is 7.88. The van der Waals surface area contributed by atoms with Crippen LogP contribution in [0.1, 0.15) is 63.0 Å². The molecule has 1 aliphatic heterocycles. The predicted octanol–water partition coefficient (Wildman–Crippen LogP) is 3.03. The normalized spacial score (nSPS) is 23.3. The van der Waals surface area contributed by atoms with Gasteiger partial charge in [0.2, 0.25) is 5.91 Å². The number of rotatable bonds is 8. The molecule has 3 rings (SSSR count). The lowest BCUT2D eigenvalue weighted by Crippen LogP contribution is -2.68. The Morgan fingerprint density at radius 3 is 2.48 bits per heavy atom. The largest absolute Gasteiger partial charge is 0.394 e. The van der Waals surface area contributed by atoms with Crippen LogP contribution >= 0.6 is 0 Å². The molecule has 0 aromatic heterocycles. The highest BCUT2D eigenvalue weighted by molar-refractivity contribution is 5.79. The summed E-state index contributed by atoms with van der Waals surface area (Å²) in [4.78, 5) is 26.2. The Labute approximate surface area is 173 Å². The quantitative estimate of drug-likeness (QED) is 0.628. The number of carbonyl (C=O) groups excluding carboxylic acids is 2. The summed E-state index contributed by atoms with van der Waals surface area (Å²) in [5.74, 6) is 0.0161. The third-order valence-electron chi connectivity index (χ3n) is 6.04. The Kier molecular flexibility index (Phi) is 7.31. The van der Waals surface area contributed by atoms with Gasteiger partial charge in [-0.3, -0.25) is 4.79 Å². The van der Waals surface area contributed by atoms with Crippen molar-refractivity contribution in [3.63, 3.8) is 0 Å². The minimum absolute atomic E-state index is 0.00795. The molecule has 6 heteroatoms. The van der Waals surface area contributed by atoms with Gasteiger partial charge in [-0.2, -0.15) is 0 Å². The van der Waals surface area contributed by atoms with Gasteiger partial charge < -0.3 is 20.6 Å². The third kappa shape index (κ3) is 4.64. The summed E-state index contributed by atoms with van der Waals surface area (Å²) < 4.78 is 0. The number of hydrogen-bond donors (Lipinski definition) is 3. The average Bonchev–Trinajstić information content (AvgIpc) is 3.26. The molecule has 0 radical (unpaired) electrons. The van der Waals surface area contributed by atoms with Crippen molar-refractivity contribution >= 4 is 17.5 Å². The molecular formula is C23H33N3O3. The number of allylic oxidation sites excluding steroid dienone is 2. The minimum Gasteiger partial charge on any atom is -0.394 e. The van der Waals surface area contributed by atoms with Crippen molar-refractivity contribution in [3.05, 3.63) is 41.5 Å². The van der Waals surface area contributed by atoms with Gasteiger partial charge in [0.25, 0.3) is 0 Å². The molecule has 29 heavy (non-hydrogen) atoms. The first-order valence-electron chi connectivity index (χ1n) is 10.8. The Morgan fingerprint density at radius 2 is 1.90 bits per heavy atom. The van der Waals surface area contributed by atoms with Crippen LogP contribution in [0.25, 0.3) is 5.57 Å². The number of likely N-dealkylation sites (tertiary alicyclic amines) is 1. The third-order valence-corrected chi connectivity index (χ3v) is 6.04. The van der Waals surface area contributed by atoms with Crippen LogP contribution in [0.4, 0.5) is 4.79 Å². The molecule has 1 aromatic rings. The van der Waals surface area contributed by atoms with Crippen molar-refractivity contribution in [1.29, 1.82) is 0 Å². The molecule has 1 fully saturated rings. The second-order valence-electron chi connectivity index (χ2n) is 7.88. The molecule has 0 bridgehead atoms. The Hall–Kier alpha value is -2.34. The number of benzene rings is 1. The van der Waals surface area contributed by atoms with Crippen LogP contribution in [0.5, 0.6) is 0 Å². The number of carbonyl (C=O) groups is 2. The molecule has 1 aromatic carbocycles. The molecule has 2 aliphatic rings. The molecule has 3 N–H and O–H groups in total. The fraction of sp³-hybridized carbons (Fsp3) is 0.565. The summed E-state index contributed by atoms with van der Waals surface area (Å²) in [6.45, 7) is 4.74.